The third kappa shape index (κ3) is 3.25. The number of aromatic nitrogens is 2. The first kappa shape index (κ1) is 16.8. The lowest BCUT2D eigenvalue weighted by molar-refractivity contribution is 0.211. The highest BCUT2D eigenvalue weighted by molar-refractivity contribution is 5.95. The van der Waals surface area contributed by atoms with Crippen molar-refractivity contribution < 1.29 is 13.9 Å². The van der Waals surface area contributed by atoms with Crippen molar-refractivity contribution in [2.24, 2.45) is 12.8 Å². The fourth-order valence-electron chi connectivity index (χ4n) is 3.19. The molecule has 0 aliphatic heterocycles. The molecule has 0 aliphatic carbocycles. The summed E-state index contributed by atoms with van der Waals surface area (Å²) in [7, 11) is 1.87. The Bertz CT molecular complexity index is 1150. The second-order valence-corrected chi connectivity index (χ2v) is 6.16. The van der Waals surface area contributed by atoms with Crippen LogP contribution < -0.4 is 10.5 Å². The van der Waals surface area contributed by atoms with Crippen molar-refractivity contribution in [3.63, 3.8) is 0 Å². The van der Waals surface area contributed by atoms with Gasteiger partial charge in [-0.15, -0.1) is 0 Å². The van der Waals surface area contributed by atoms with E-state index < -0.39 is 6.09 Å². The lowest BCUT2D eigenvalue weighted by Crippen LogP contribution is -2.16. The number of nitrogens with zero attached hydrogens (tertiary/aromatic N) is 2. The van der Waals surface area contributed by atoms with E-state index in [9.17, 15) is 9.18 Å². The zero-order valence-electron chi connectivity index (χ0n) is 14.5. The summed E-state index contributed by atoms with van der Waals surface area (Å²) in [5.41, 5.74) is 9.40. The molecule has 1 heterocycles. The lowest BCUT2D eigenvalue weighted by Gasteiger charge is -2.06. The Hall–Kier alpha value is -3.67. The van der Waals surface area contributed by atoms with Crippen molar-refractivity contribution in [1.82, 2.24) is 9.78 Å². The Morgan fingerprint density at radius 3 is 2.41 bits per heavy atom. The highest BCUT2D eigenvalue weighted by Crippen LogP contribution is 2.32. The van der Waals surface area contributed by atoms with E-state index in [-0.39, 0.29) is 5.82 Å². The van der Waals surface area contributed by atoms with Gasteiger partial charge >= 0.3 is 6.09 Å². The van der Waals surface area contributed by atoms with Crippen molar-refractivity contribution in [2.45, 2.75) is 0 Å². The molecular formula is C21H16FN3O2. The maximum atomic E-state index is 13.5. The van der Waals surface area contributed by atoms with Crippen molar-refractivity contribution in [1.29, 1.82) is 0 Å². The highest BCUT2D eigenvalue weighted by Gasteiger charge is 2.13. The van der Waals surface area contributed by atoms with E-state index in [0.717, 1.165) is 33.3 Å². The van der Waals surface area contributed by atoms with Gasteiger partial charge in [0.2, 0.25) is 0 Å². The minimum atomic E-state index is -0.849. The van der Waals surface area contributed by atoms with Crippen LogP contribution in [0.2, 0.25) is 0 Å². The second kappa shape index (κ2) is 6.57. The third-order valence-corrected chi connectivity index (χ3v) is 4.34. The fraction of sp³-hybridized carbons (Fsp3) is 0.0476. The van der Waals surface area contributed by atoms with Gasteiger partial charge in [0.25, 0.3) is 0 Å². The second-order valence-electron chi connectivity index (χ2n) is 6.16. The van der Waals surface area contributed by atoms with Crippen LogP contribution in [0.4, 0.5) is 9.18 Å². The van der Waals surface area contributed by atoms with Crippen LogP contribution in [0, 0.1) is 5.82 Å². The van der Waals surface area contributed by atoms with E-state index in [1.807, 2.05) is 43.4 Å². The molecule has 5 nitrogen and oxygen atoms in total. The Morgan fingerprint density at radius 2 is 1.70 bits per heavy atom. The lowest BCUT2D eigenvalue weighted by atomic mass is 10.0. The minimum Gasteiger partial charge on any atom is -0.411 e. The van der Waals surface area contributed by atoms with E-state index in [2.05, 4.69) is 5.10 Å². The van der Waals surface area contributed by atoms with Crippen LogP contribution in [-0.2, 0) is 7.05 Å². The molecule has 3 aromatic carbocycles. The molecule has 0 atom stereocenters. The molecule has 27 heavy (non-hydrogen) atoms. The van der Waals surface area contributed by atoms with Crippen LogP contribution in [0.1, 0.15) is 0 Å². The molecule has 2 N–H and O–H groups in total. The number of ether oxygens (including phenoxy) is 1. The quantitative estimate of drug-likeness (QED) is 0.584. The first-order chi connectivity index (χ1) is 13.0. The Labute approximate surface area is 154 Å². The minimum absolute atomic E-state index is 0.271. The molecular weight excluding hydrogens is 345 g/mol. The monoisotopic (exact) mass is 361 g/mol. The molecule has 1 aromatic heterocycles. The molecule has 0 saturated heterocycles. The van der Waals surface area contributed by atoms with Crippen molar-refractivity contribution in [3.05, 3.63) is 72.5 Å². The summed E-state index contributed by atoms with van der Waals surface area (Å²) in [5, 5.41) is 5.56. The number of primary amides is 1. The Balaban J connectivity index is 1.76. The molecule has 1 amide bonds. The van der Waals surface area contributed by atoms with Crippen LogP contribution in [0.15, 0.2) is 66.7 Å². The summed E-state index contributed by atoms with van der Waals surface area (Å²) in [6.45, 7) is 0. The summed E-state index contributed by atoms with van der Waals surface area (Å²) in [5.74, 6) is 0.110. The topological polar surface area (TPSA) is 70.1 Å². The van der Waals surface area contributed by atoms with E-state index in [0.29, 0.717) is 5.75 Å². The number of carbonyl (C=O) groups is 1. The summed E-state index contributed by atoms with van der Waals surface area (Å²) < 4.78 is 20.2. The zero-order chi connectivity index (χ0) is 19.0. The van der Waals surface area contributed by atoms with Crippen LogP contribution >= 0.6 is 0 Å². The number of aryl methyl sites for hydroxylation is 1. The molecule has 0 radical (unpaired) electrons. The normalized spacial score (nSPS) is 10.9. The third-order valence-electron chi connectivity index (χ3n) is 4.34. The number of rotatable bonds is 3. The van der Waals surface area contributed by atoms with Crippen molar-refractivity contribution in [3.8, 4) is 28.1 Å². The van der Waals surface area contributed by atoms with Crippen LogP contribution in [0.5, 0.6) is 5.75 Å². The zero-order valence-corrected chi connectivity index (χ0v) is 14.5. The number of carbonyl (C=O) groups excluding carboxylic acids is 1. The largest absolute Gasteiger partial charge is 0.411 e. The number of benzene rings is 3. The Morgan fingerprint density at radius 1 is 1.00 bits per heavy atom. The molecule has 0 fully saturated rings. The van der Waals surface area contributed by atoms with Crippen molar-refractivity contribution >= 4 is 17.0 Å². The molecule has 134 valence electrons. The molecule has 0 spiro atoms. The average molecular weight is 361 g/mol. The van der Waals surface area contributed by atoms with Gasteiger partial charge in [0, 0.05) is 18.0 Å². The van der Waals surface area contributed by atoms with Gasteiger partial charge in [0.15, 0.2) is 0 Å². The number of halogens is 1. The van der Waals surface area contributed by atoms with Gasteiger partial charge in [-0.25, -0.2) is 9.18 Å². The van der Waals surface area contributed by atoms with Gasteiger partial charge in [-0.1, -0.05) is 18.2 Å². The summed E-state index contributed by atoms with van der Waals surface area (Å²) in [6, 6.07) is 19.4. The molecule has 0 bridgehead atoms. The fourth-order valence-corrected chi connectivity index (χ4v) is 3.19. The molecule has 0 saturated carbocycles. The number of hydrogen-bond donors (Lipinski definition) is 1. The molecule has 0 aliphatic rings. The molecule has 4 aromatic rings. The molecule has 6 heteroatoms. The summed E-state index contributed by atoms with van der Waals surface area (Å²) in [6.07, 6.45) is -0.849. The Kier molecular flexibility index (Phi) is 4.08. The SMILES string of the molecule is Cn1nc2cc(-c3cccc(F)c3)ccc2c1-c1ccc(OC(N)=O)cc1. The first-order valence-corrected chi connectivity index (χ1v) is 8.32. The highest BCUT2D eigenvalue weighted by atomic mass is 19.1. The van der Waals surface area contributed by atoms with Crippen LogP contribution in [-0.4, -0.2) is 15.9 Å². The average Bonchev–Trinajstić information content (AvgIpc) is 2.97. The van der Waals surface area contributed by atoms with Gasteiger partial charge in [0.1, 0.15) is 11.6 Å². The van der Waals surface area contributed by atoms with E-state index in [4.69, 9.17) is 10.5 Å². The number of nitrogens with two attached hydrogens (primary N) is 1. The molecule has 4 rings (SSSR count). The van der Waals surface area contributed by atoms with Gasteiger partial charge in [-0.05, 0) is 59.7 Å². The smallest absolute Gasteiger partial charge is 0.409 e. The van der Waals surface area contributed by atoms with Crippen LogP contribution in [0.3, 0.4) is 0 Å². The summed E-state index contributed by atoms with van der Waals surface area (Å²) in [4.78, 5) is 10.8. The van der Waals surface area contributed by atoms with E-state index in [1.54, 1.807) is 22.9 Å². The number of hydrogen-bond acceptors (Lipinski definition) is 3. The first-order valence-electron chi connectivity index (χ1n) is 8.32. The van der Waals surface area contributed by atoms with Gasteiger partial charge in [0.05, 0.1) is 11.2 Å². The van der Waals surface area contributed by atoms with Gasteiger partial charge < -0.3 is 10.5 Å². The van der Waals surface area contributed by atoms with Crippen molar-refractivity contribution in [2.75, 3.05) is 0 Å². The van der Waals surface area contributed by atoms with Gasteiger partial charge in [-0.2, -0.15) is 5.10 Å². The van der Waals surface area contributed by atoms with Gasteiger partial charge in [-0.3, -0.25) is 4.68 Å². The van der Waals surface area contributed by atoms with E-state index >= 15 is 0 Å². The standard InChI is InChI=1S/C21H16FN3O2/c1-25-20(13-5-8-17(9-6-13)27-21(23)26)18-10-7-15(12-19(18)24-25)14-3-2-4-16(22)11-14/h2-12H,1H3,(H2,23,26). The predicted octanol–water partition coefficient (Wildman–Crippen LogP) is 4.50. The van der Waals surface area contributed by atoms with E-state index in [1.165, 1.54) is 12.1 Å². The van der Waals surface area contributed by atoms with Crippen LogP contribution in [0.25, 0.3) is 33.3 Å². The molecule has 0 unspecified atom stereocenters. The maximum Gasteiger partial charge on any atom is 0.409 e. The maximum absolute atomic E-state index is 13.5. The summed E-state index contributed by atoms with van der Waals surface area (Å²) >= 11 is 0. The number of fused-ring (bicyclic) bond motifs is 1. The predicted molar refractivity (Wildman–Crippen MR) is 102 cm³/mol. The number of amides is 1.